The van der Waals surface area contributed by atoms with Crippen molar-refractivity contribution in [2.45, 2.75) is 58.7 Å². The Labute approximate surface area is 118 Å². The Hall–Kier alpha value is -0.833. The highest BCUT2D eigenvalue weighted by molar-refractivity contribution is 6.74. The minimum absolute atomic E-state index is 0.220. The average Bonchev–Trinajstić information content (AvgIpc) is 2.24. The van der Waals surface area contributed by atoms with E-state index in [1.165, 1.54) is 6.92 Å². The average molecular weight is 284 g/mol. The van der Waals surface area contributed by atoms with Crippen molar-refractivity contribution in [3.05, 3.63) is 17.9 Å². The van der Waals surface area contributed by atoms with Crippen molar-refractivity contribution in [2.75, 3.05) is 13.2 Å². The number of hydrogen-bond donors (Lipinski definition) is 0. The summed E-state index contributed by atoms with van der Waals surface area (Å²) in [5.41, 5.74) is 3.10. The minimum atomic E-state index is -1.64. The van der Waals surface area contributed by atoms with Gasteiger partial charge in [0.2, 0.25) is 0 Å². The van der Waals surface area contributed by atoms with Crippen molar-refractivity contribution in [3.8, 4) is 0 Å². The van der Waals surface area contributed by atoms with Gasteiger partial charge in [-0.3, -0.25) is 4.79 Å². The molecule has 0 aromatic rings. The zero-order valence-corrected chi connectivity index (χ0v) is 14.2. The SMILES string of the molecule is CC(=O)OCCCC=C=CCO[Si](C)(C)C(C)(C)C. The normalized spacial score (nSPS) is 11.7. The second kappa shape index (κ2) is 8.36. The van der Waals surface area contributed by atoms with E-state index in [0.29, 0.717) is 13.2 Å². The molecule has 0 saturated carbocycles. The van der Waals surface area contributed by atoms with Gasteiger partial charge in [0, 0.05) is 6.92 Å². The Bertz CT molecular complexity index is 334. The van der Waals surface area contributed by atoms with Crippen molar-refractivity contribution in [2.24, 2.45) is 0 Å². The summed E-state index contributed by atoms with van der Waals surface area (Å²) in [5, 5.41) is 0.245. The molecule has 3 nitrogen and oxygen atoms in total. The maximum Gasteiger partial charge on any atom is 0.302 e. The number of ether oxygens (including phenoxy) is 1. The van der Waals surface area contributed by atoms with Gasteiger partial charge in [0.15, 0.2) is 8.32 Å². The quantitative estimate of drug-likeness (QED) is 0.306. The highest BCUT2D eigenvalue weighted by Crippen LogP contribution is 2.36. The zero-order chi connectivity index (χ0) is 14.9. The summed E-state index contributed by atoms with van der Waals surface area (Å²) in [7, 11) is -1.64. The van der Waals surface area contributed by atoms with Crippen molar-refractivity contribution in [1.82, 2.24) is 0 Å². The van der Waals surface area contributed by atoms with Gasteiger partial charge >= 0.3 is 5.97 Å². The number of carbonyl (C=O) groups is 1. The molecular formula is C15H28O3Si. The Balaban J connectivity index is 3.82. The van der Waals surface area contributed by atoms with E-state index in [0.717, 1.165) is 12.8 Å². The van der Waals surface area contributed by atoms with Crippen LogP contribution in [0, 0.1) is 0 Å². The van der Waals surface area contributed by atoms with E-state index in [-0.39, 0.29) is 11.0 Å². The standard InChI is InChI=1S/C15H28O3Si/c1-14(16)17-12-10-8-7-9-11-13-18-19(5,6)15(2,3)4/h7,11H,8,10,12-13H2,1-6H3. The number of carbonyl (C=O) groups excluding carboxylic acids is 1. The van der Waals surface area contributed by atoms with Gasteiger partial charge in [-0.25, -0.2) is 0 Å². The molecule has 19 heavy (non-hydrogen) atoms. The van der Waals surface area contributed by atoms with Crippen LogP contribution in [0.15, 0.2) is 17.9 Å². The Morgan fingerprint density at radius 3 is 2.42 bits per heavy atom. The van der Waals surface area contributed by atoms with Crippen molar-refractivity contribution < 1.29 is 14.0 Å². The van der Waals surface area contributed by atoms with Gasteiger partial charge in [-0.2, -0.15) is 0 Å². The molecule has 0 unspecified atom stereocenters. The zero-order valence-electron chi connectivity index (χ0n) is 13.2. The fourth-order valence-electron chi connectivity index (χ4n) is 1.08. The van der Waals surface area contributed by atoms with Crippen LogP contribution in [0.4, 0.5) is 0 Å². The lowest BCUT2D eigenvalue weighted by Crippen LogP contribution is -2.40. The summed E-state index contributed by atoms with van der Waals surface area (Å²) < 4.78 is 10.8. The summed E-state index contributed by atoms with van der Waals surface area (Å²) in [4.78, 5) is 10.5. The van der Waals surface area contributed by atoms with Crippen LogP contribution in [0.25, 0.3) is 0 Å². The van der Waals surface area contributed by atoms with Crippen LogP contribution in [-0.2, 0) is 14.0 Å². The van der Waals surface area contributed by atoms with E-state index in [4.69, 9.17) is 9.16 Å². The third-order valence-electron chi connectivity index (χ3n) is 3.37. The monoisotopic (exact) mass is 284 g/mol. The van der Waals surface area contributed by atoms with Crippen LogP contribution in [0.5, 0.6) is 0 Å². The van der Waals surface area contributed by atoms with E-state index in [2.05, 4.69) is 39.6 Å². The minimum Gasteiger partial charge on any atom is -0.466 e. The lowest BCUT2D eigenvalue weighted by molar-refractivity contribution is -0.141. The van der Waals surface area contributed by atoms with Gasteiger partial charge in [0.05, 0.1) is 13.2 Å². The van der Waals surface area contributed by atoms with Crippen LogP contribution < -0.4 is 0 Å². The van der Waals surface area contributed by atoms with Gasteiger partial charge in [-0.1, -0.05) is 20.8 Å². The smallest absolute Gasteiger partial charge is 0.302 e. The first-order valence-corrected chi connectivity index (χ1v) is 9.74. The van der Waals surface area contributed by atoms with E-state index in [9.17, 15) is 4.79 Å². The number of hydrogen-bond acceptors (Lipinski definition) is 3. The van der Waals surface area contributed by atoms with Crippen LogP contribution in [0.2, 0.25) is 18.1 Å². The fourth-order valence-corrected chi connectivity index (χ4v) is 2.02. The van der Waals surface area contributed by atoms with Crippen LogP contribution >= 0.6 is 0 Å². The molecule has 0 atom stereocenters. The molecule has 0 amide bonds. The molecule has 0 aliphatic carbocycles. The molecule has 0 rings (SSSR count). The summed E-state index contributed by atoms with van der Waals surface area (Å²) in [5.74, 6) is -0.220. The molecule has 110 valence electrons. The highest BCUT2D eigenvalue weighted by Gasteiger charge is 2.36. The second-order valence-electron chi connectivity index (χ2n) is 6.13. The Morgan fingerprint density at radius 2 is 1.89 bits per heavy atom. The Kier molecular flexibility index (Phi) is 7.99. The first-order valence-electron chi connectivity index (χ1n) is 6.83. The molecule has 4 heteroatoms. The van der Waals surface area contributed by atoms with Gasteiger partial charge in [0.1, 0.15) is 0 Å². The van der Waals surface area contributed by atoms with Crippen LogP contribution in [0.3, 0.4) is 0 Å². The van der Waals surface area contributed by atoms with Crippen molar-refractivity contribution in [1.29, 1.82) is 0 Å². The van der Waals surface area contributed by atoms with Gasteiger partial charge in [-0.15, -0.1) is 5.73 Å². The van der Waals surface area contributed by atoms with Gasteiger partial charge in [0.25, 0.3) is 0 Å². The first kappa shape index (κ1) is 18.2. The van der Waals surface area contributed by atoms with E-state index >= 15 is 0 Å². The summed E-state index contributed by atoms with van der Waals surface area (Å²) >= 11 is 0. The molecule has 0 fully saturated rings. The highest BCUT2D eigenvalue weighted by atomic mass is 28.4. The number of esters is 1. The van der Waals surface area contributed by atoms with Crippen molar-refractivity contribution >= 4 is 14.3 Å². The third kappa shape index (κ3) is 8.81. The second-order valence-corrected chi connectivity index (χ2v) is 10.9. The van der Waals surface area contributed by atoms with Crippen LogP contribution in [-0.4, -0.2) is 27.5 Å². The molecule has 0 aromatic heterocycles. The predicted molar refractivity (Wildman–Crippen MR) is 81.7 cm³/mol. The topological polar surface area (TPSA) is 35.5 Å². The van der Waals surface area contributed by atoms with Crippen LogP contribution in [0.1, 0.15) is 40.5 Å². The number of rotatable bonds is 7. The third-order valence-corrected chi connectivity index (χ3v) is 7.87. The molecule has 0 N–H and O–H groups in total. The molecule has 0 heterocycles. The summed E-state index contributed by atoms with van der Waals surface area (Å²) in [6.07, 6.45) is 5.58. The fraction of sp³-hybridized carbons (Fsp3) is 0.733. The van der Waals surface area contributed by atoms with E-state index in [1.54, 1.807) is 0 Å². The van der Waals surface area contributed by atoms with Gasteiger partial charge < -0.3 is 9.16 Å². The molecule has 0 aromatic carbocycles. The lowest BCUT2D eigenvalue weighted by Gasteiger charge is -2.35. The lowest BCUT2D eigenvalue weighted by atomic mass is 10.2. The van der Waals surface area contributed by atoms with E-state index in [1.807, 2.05) is 12.2 Å². The van der Waals surface area contributed by atoms with Gasteiger partial charge in [-0.05, 0) is 43.1 Å². The molecule has 0 aliphatic rings. The first-order chi connectivity index (χ1) is 8.67. The maximum atomic E-state index is 10.5. The molecule has 0 aliphatic heterocycles. The molecular weight excluding hydrogens is 256 g/mol. The summed E-state index contributed by atoms with van der Waals surface area (Å²) in [6.45, 7) is 13.7. The predicted octanol–water partition coefficient (Wildman–Crippen LogP) is 4.06. The summed E-state index contributed by atoms with van der Waals surface area (Å²) in [6, 6.07) is 0. The largest absolute Gasteiger partial charge is 0.466 e. The Morgan fingerprint density at radius 1 is 1.26 bits per heavy atom. The molecule has 0 radical (unpaired) electrons. The van der Waals surface area contributed by atoms with E-state index < -0.39 is 8.32 Å². The molecule has 0 bridgehead atoms. The molecule has 0 saturated heterocycles. The number of unbranched alkanes of at least 4 members (excludes halogenated alkanes) is 1. The molecule has 0 spiro atoms. The maximum absolute atomic E-state index is 10.5. The van der Waals surface area contributed by atoms with Crippen molar-refractivity contribution in [3.63, 3.8) is 0 Å².